The lowest BCUT2D eigenvalue weighted by atomic mass is 10.0. The Balaban J connectivity index is 2.08. The molecule has 0 bridgehead atoms. The molecule has 0 radical (unpaired) electrons. The third-order valence-electron chi connectivity index (χ3n) is 3.53. The molecule has 1 aliphatic carbocycles. The number of benzene rings is 1. The van der Waals surface area contributed by atoms with Crippen LogP contribution in [0.4, 0.5) is 0 Å². The molecule has 2 heteroatoms. The van der Waals surface area contributed by atoms with Gasteiger partial charge < -0.3 is 0 Å². The molecule has 0 saturated heterocycles. The van der Waals surface area contributed by atoms with Crippen molar-refractivity contribution in [3.8, 4) is 0 Å². The molecule has 0 aliphatic heterocycles. The summed E-state index contributed by atoms with van der Waals surface area (Å²) in [6, 6.07) is 10.3. The molecule has 0 N–H and O–H groups in total. The molecule has 0 spiro atoms. The first-order chi connectivity index (χ1) is 8.59. The van der Waals surface area contributed by atoms with Crippen LogP contribution in [0.5, 0.6) is 0 Å². The van der Waals surface area contributed by atoms with Crippen molar-refractivity contribution in [2.24, 2.45) is 5.92 Å². The molecular weight excluding hydrogens is 222 g/mol. The molecule has 1 fully saturated rings. The molecule has 98 valence electrons. The van der Waals surface area contributed by atoms with E-state index >= 15 is 0 Å². The highest BCUT2D eigenvalue weighted by Gasteiger charge is 2.35. The van der Waals surface area contributed by atoms with Crippen molar-refractivity contribution in [1.29, 1.82) is 0 Å². The molecule has 1 aliphatic rings. The van der Waals surface area contributed by atoms with Crippen molar-refractivity contribution in [2.75, 3.05) is 6.54 Å². The molecule has 1 aromatic carbocycles. The molecule has 2 nitrogen and oxygen atoms in total. The summed E-state index contributed by atoms with van der Waals surface area (Å²) in [6.07, 6.45) is 2.50. The van der Waals surface area contributed by atoms with E-state index in [1.54, 1.807) is 0 Å². The van der Waals surface area contributed by atoms with Crippen molar-refractivity contribution in [3.63, 3.8) is 0 Å². The van der Waals surface area contributed by atoms with Gasteiger partial charge in [-0.2, -0.15) is 0 Å². The minimum Gasteiger partial charge on any atom is -0.292 e. The SMILES string of the molecule is CC(C)CN(C1CC1)C(C)C(=O)c1ccccc1. The predicted octanol–water partition coefficient (Wildman–Crippen LogP) is 3.38. The Kier molecular flexibility index (Phi) is 4.18. The summed E-state index contributed by atoms with van der Waals surface area (Å²) >= 11 is 0. The highest BCUT2D eigenvalue weighted by molar-refractivity contribution is 5.99. The van der Waals surface area contributed by atoms with Crippen LogP contribution in [0.2, 0.25) is 0 Å². The van der Waals surface area contributed by atoms with Gasteiger partial charge in [0, 0.05) is 18.2 Å². The van der Waals surface area contributed by atoms with Crippen LogP contribution in [0.15, 0.2) is 30.3 Å². The average Bonchev–Trinajstić information content (AvgIpc) is 3.19. The fourth-order valence-electron chi connectivity index (χ4n) is 2.45. The van der Waals surface area contributed by atoms with Crippen molar-refractivity contribution in [3.05, 3.63) is 35.9 Å². The molecule has 18 heavy (non-hydrogen) atoms. The number of hydrogen-bond donors (Lipinski definition) is 0. The number of hydrogen-bond acceptors (Lipinski definition) is 2. The summed E-state index contributed by atoms with van der Waals surface area (Å²) in [5, 5.41) is 0. The molecule has 0 heterocycles. The highest BCUT2D eigenvalue weighted by atomic mass is 16.1. The van der Waals surface area contributed by atoms with E-state index in [4.69, 9.17) is 0 Å². The van der Waals surface area contributed by atoms with Crippen LogP contribution >= 0.6 is 0 Å². The van der Waals surface area contributed by atoms with Gasteiger partial charge in [0.15, 0.2) is 5.78 Å². The lowest BCUT2D eigenvalue weighted by molar-refractivity contribution is 0.0807. The summed E-state index contributed by atoms with van der Waals surface area (Å²) in [6.45, 7) is 7.50. The third kappa shape index (κ3) is 3.20. The Morgan fingerprint density at radius 3 is 2.33 bits per heavy atom. The maximum absolute atomic E-state index is 12.5. The molecular formula is C16H23NO. The third-order valence-corrected chi connectivity index (χ3v) is 3.53. The zero-order valence-electron chi connectivity index (χ0n) is 11.6. The first kappa shape index (κ1) is 13.3. The monoisotopic (exact) mass is 245 g/mol. The molecule has 0 aromatic heterocycles. The van der Waals surface area contributed by atoms with E-state index in [-0.39, 0.29) is 11.8 Å². The number of Topliss-reactive ketones (excluding diaryl/α,β-unsaturated/α-hetero) is 1. The van der Waals surface area contributed by atoms with Crippen LogP contribution in [-0.4, -0.2) is 29.3 Å². The lowest BCUT2D eigenvalue weighted by Crippen LogP contribution is -2.42. The number of carbonyl (C=O) groups excluding carboxylic acids is 1. The first-order valence-corrected chi connectivity index (χ1v) is 6.94. The van der Waals surface area contributed by atoms with Gasteiger partial charge in [-0.15, -0.1) is 0 Å². The van der Waals surface area contributed by atoms with Crippen LogP contribution in [0.3, 0.4) is 0 Å². The lowest BCUT2D eigenvalue weighted by Gasteiger charge is -2.29. The van der Waals surface area contributed by atoms with E-state index in [1.165, 1.54) is 12.8 Å². The average molecular weight is 245 g/mol. The fourth-order valence-corrected chi connectivity index (χ4v) is 2.45. The van der Waals surface area contributed by atoms with Gasteiger partial charge in [-0.05, 0) is 25.7 Å². The van der Waals surface area contributed by atoms with Gasteiger partial charge in [-0.3, -0.25) is 9.69 Å². The van der Waals surface area contributed by atoms with E-state index in [1.807, 2.05) is 30.3 Å². The van der Waals surface area contributed by atoms with Crippen LogP contribution in [0, 0.1) is 5.92 Å². The molecule has 1 saturated carbocycles. The van der Waals surface area contributed by atoms with Gasteiger partial charge in [0.25, 0.3) is 0 Å². The largest absolute Gasteiger partial charge is 0.292 e. The molecule has 0 amide bonds. The van der Waals surface area contributed by atoms with Crippen LogP contribution in [-0.2, 0) is 0 Å². The Hall–Kier alpha value is -1.15. The van der Waals surface area contributed by atoms with Crippen molar-refractivity contribution < 1.29 is 4.79 Å². The van der Waals surface area contributed by atoms with E-state index in [2.05, 4.69) is 25.7 Å². The Morgan fingerprint density at radius 2 is 1.83 bits per heavy atom. The molecule has 1 unspecified atom stereocenters. The normalized spacial score (nSPS) is 17.2. The van der Waals surface area contributed by atoms with Crippen LogP contribution < -0.4 is 0 Å². The van der Waals surface area contributed by atoms with Gasteiger partial charge in [0.1, 0.15) is 0 Å². The minimum atomic E-state index is 0.00213. The number of ketones is 1. The summed E-state index contributed by atoms with van der Waals surface area (Å²) in [4.78, 5) is 14.8. The fraction of sp³-hybridized carbons (Fsp3) is 0.562. The van der Waals surface area contributed by atoms with Gasteiger partial charge >= 0.3 is 0 Å². The van der Waals surface area contributed by atoms with Crippen molar-refractivity contribution >= 4 is 5.78 Å². The Morgan fingerprint density at radius 1 is 1.22 bits per heavy atom. The van der Waals surface area contributed by atoms with Gasteiger partial charge in [0.2, 0.25) is 0 Å². The topological polar surface area (TPSA) is 20.3 Å². The van der Waals surface area contributed by atoms with Crippen molar-refractivity contribution in [1.82, 2.24) is 4.90 Å². The maximum Gasteiger partial charge on any atom is 0.179 e. The van der Waals surface area contributed by atoms with E-state index in [0.29, 0.717) is 12.0 Å². The minimum absolute atomic E-state index is 0.00213. The summed E-state index contributed by atoms with van der Waals surface area (Å²) in [7, 11) is 0. The maximum atomic E-state index is 12.5. The van der Waals surface area contributed by atoms with Crippen LogP contribution in [0.1, 0.15) is 44.0 Å². The van der Waals surface area contributed by atoms with E-state index in [0.717, 1.165) is 12.1 Å². The standard InChI is InChI=1S/C16H23NO/c1-12(2)11-17(15-9-10-15)13(3)16(18)14-7-5-4-6-8-14/h4-8,12-13,15H,9-11H2,1-3H3. The van der Waals surface area contributed by atoms with Gasteiger partial charge in [-0.25, -0.2) is 0 Å². The number of nitrogens with zero attached hydrogens (tertiary/aromatic N) is 1. The summed E-state index contributed by atoms with van der Waals surface area (Å²) in [5.74, 6) is 0.861. The number of carbonyl (C=O) groups is 1. The van der Waals surface area contributed by atoms with Crippen LogP contribution in [0.25, 0.3) is 0 Å². The highest BCUT2D eigenvalue weighted by Crippen LogP contribution is 2.30. The Bertz CT molecular complexity index is 395. The number of rotatable bonds is 6. The second kappa shape index (κ2) is 5.66. The van der Waals surface area contributed by atoms with Gasteiger partial charge in [-0.1, -0.05) is 44.2 Å². The molecule has 1 atom stereocenters. The van der Waals surface area contributed by atoms with Gasteiger partial charge in [0.05, 0.1) is 6.04 Å². The predicted molar refractivity (Wildman–Crippen MR) is 74.8 cm³/mol. The second-order valence-electron chi connectivity index (χ2n) is 5.73. The quantitative estimate of drug-likeness (QED) is 0.716. The molecule has 2 rings (SSSR count). The zero-order chi connectivity index (χ0) is 13.1. The van der Waals surface area contributed by atoms with E-state index < -0.39 is 0 Å². The molecule has 1 aromatic rings. The smallest absolute Gasteiger partial charge is 0.179 e. The summed E-state index contributed by atoms with van der Waals surface area (Å²) < 4.78 is 0. The Labute approximate surface area is 110 Å². The summed E-state index contributed by atoms with van der Waals surface area (Å²) in [5.41, 5.74) is 0.833. The first-order valence-electron chi connectivity index (χ1n) is 6.94. The van der Waals surface area contributed by atoms with Crippen molar-refractivity contribution in [2.45, 2.75) is 45.7 Å². The zero-order valence-corrected chi connectivity index (χ0v) is 11.6. The van der Waals surface area contributed by atoms with E-state index in [9.17, 15) is 4.79 Å². The second-order valence-corrected chi connectivity index (χ2v) is 5.73.